The summed E-state index contributed by atoms with van der Waals surface area (Å²) in [7, 11) is 0. The van der Waals surface area contributed by atoms with Crippen LogP contribution in [-0.2, 0) is 4.79 Å². The van der Waals surface area contributed by atoms with E-state index in [-0.39, 0.29) is 30.3 Å². The van der Waals surface area contributed by atoms with Crippen molar-refractivity contribution in [2.24, 2.45) is 0 Å². The van der Waals surface area contributed by atoms with Gasteiger partial charge in [-0.3, -0.25) is 9.59 Å². The lowest BCUT2D eigenvalue weighted by molar-refractivity contribution is -0.116. The number of amides is 1. The molecule has 2 rings (SSSR count). The van der Waals surface area contributed by atoms with Gasteiger partial charge in [-0.15, -0.1) is 0 Å². The van der Waals surface area contributed by atoms with E-state index in [1.54, 1.807) is 31.2 Å². The Morgan fingerprint density at radius 3 is 2.32 bits per heavy atom. The van der Waals surface area contributed by atoms with Gasteiger partial charge in [0.2, 0.25) is 5.91 Å². The molecular formula is C18H19NO3. The quantitative estimate of drug-likeness (QED) is 0.654. The number of aryl methyl sites for hydroxylation is 2. The molecule has 1 amide bonds. The van der Waals surface area contributed by atoms with E-state index in [0.29, 0.717) is 11.3 Å². The first-order valence-corrected chi connectivity index (χ1v) is 7.15. The number of anilines is 1. The molecule has 2 N–H and O–H groups in total. The second-order valence-corrected chi connectivity index (χ2v) is 5.34. The largest absolute Gasteiger partial charge is 0.508 e. The number of carbonyl (C=O) groups is 2. The molecule has 114 valence electrons. The maximum atomic E-state index is 12.0. The summed E-state index contributed by atoms with van der Waals surface area (Å²) < 4.78 is 0. The van der Waals surface area contributed by atoms with E-state index in [9.17, 15) is 14.7 Å². The Morgan fingerprint density at radius 1 is 1.00 bits per heavy atom. The summed E-state index contributed by atoms with van der Waals surface area (Å²) >= 11 is 0. The molecule has 0 unspecified atom stereocenters. The molecule has 2 aromatic rings. The first-order chi connectivity index (χ1) is 10.5. The number of Topliss-reactive ketones (excluding diaryl/α,β-unsaturated/α-hetero) is 1. The highest BCUT2D eigenvalue weighted by Gasteiger charge is 2.10. The Labute approximate surface area is 129 Å². The van der Waals surface area contributed by atoms with Gasteiger partial charge in [-0.25, -0.2) is 0 Å². The molecule has 0 aromatic heterocycles. The Hall–Kier alpha value is -2.62. The van der Waals surface area contributed by atoms with E-state index in [0.717, 1.165) is 11.1 Å². The molecule has 4 heteroatoms. The molecular weight excluding hydrogens is 278 g/mol. The second-order valence-electron chi connectivity index (χ2n) is 5.34. The molecule has 0 aliphatic heterocycles. The van der Waals surface area contributed by atoms with Gasteiger partial charge in [-0.05, 0) is 37.6 Å². The van der Waals surface area contributed by atoms with Crippen molar-refractivity contribution in [3.8, 4) is 5.75 Å². The van der Waals surface area contributed by atoms with Crippen molar-refractivity contribution >= 4 is 17.4 Å². The zero-order valence-electron chi connectivity index (χ0n) is 12.7. The summed E-state index contributed by atoms with van der Waals surface area (Å²) in [6.45, 7) is 3.76. The van der Waals surface area contributed by atoms with E-state index in [1.165, 1.54) is 6.07 Å². The van der Waals surface area contributed by atoms with Crippen LogP contribution in [0.4, 0.5) is 5.69 Å². The van der Waals surface area contributed by atoms with Crippen LogP contribution >= 0.6 is 0 Å². The zero-order chi connectivity index (χ0) is 16.1. The average molecular weight is 297 g/mol. The molecule has 0 atom stereocenters. The van der Waals surface area contributed by atoms with Gasteiger partial charge in [0, 0.05) is 24.1 Å². The molecule has 2 aromatic carbocycles. The first kappa shape index (κ1) is 15.8. The molecule has 0 spiro atoms. The molecule has 0 saturated heterocycles. The van der Waals surface area contributed by atoms with Crippen LogP contribution in [0.25, 0.3) is 0 Å². The van der Waals surface area contributed by atoms with Crippen molar-refractivity contribution in [2.45, 2.75) is 26.7 Å². The molecule has 0 aliphatic rings. The third-order valence-electron chi connectivity index (χ3n) is 3.44. The van der Waals surface area contributed by atoms with E-state index >= 15 is 0 Å². The van der Waals surface area contributed by atoms with Gasteiger partial charge < -0.3 is 10.4 Å². The number of nitrogens with one attached hydrogen (secondary N) is 1. The van der Waals surface area contributed by atoms with E-state index < -0.39 is 0 Å². The number of rotatable bonds is 5. The predicted octanol–water partition coefficient (Wildman–Crippen LogP) is 3.61. The SMILES string of the molecule is Cc1ccc(C(=O)CCC(=O)Nc2ccc(O)cc2C)cc1. The molecule has 0 bridgehead atoms. The summed E-state index contributed by atoms with van der Waals surface area (Å²) in [5.41, 5.74) is 3.14. The van der Waals surface area contributed by atoms with Gasteiger partial charge in [0.25, 0.3) is 0 Å². The lowest BCUT2D eigenvalue weighted by Gasteiger charge is -2.08. The number of benzene rings is 2. The summed E-state index contributed by atoms with van der Waals surface area (Å²) in [5, 5.41) is 12.1. The van der Waals surface area contributed by atoms with Crippen molar-refractivity contribution in [3.63, 3.8) is 0 Å². The maximum absolute atomic E-state index is 12.0. The molecule has 0 heterocycles. The lowest BCUT2D eigenvalue weighted by atomic mass is 10.0. The fourth-order valence-corrected chi connectivity index (χ4v) is 2.11. The van der Waals surface area contributed by atoms with Crippen LogP contribution in [0.15, 0.2) is 42.5 Å². The van der Waals surface area contributed by atoms with Crippen molar-refractivity contribution in [1.29, 1.82) is 0 Å². The summed E-state index contributed by atoms with van der Waals surface area (Å²) in [4.78, 5) is 23.9. The van der Waals surface area contributed by atoms with Crippen LogP contribution in [-0.4, -0.2) is 16.8 Å². The van der Waals surface area contributed by atoms with Gasteiger partial charge in [-0.1, -0.05) is 29.8 Å². The molecule has 0 radical (unpaired) electrons. The highest BCUT2D eigenvalue weighted by atomic mass is 16.3. The van der Waals surface area contributed by atoms with Crippen molar-refractivity contribution in [3.05, 3.63) is 59.2 Å². The Morgan fingerprint density at radius 2 is 1.68 bits per heavy atom. The Bertz CT molecular complexity index is 690. The third-order valence-corrected chi connectivity index (χ3v) is 3.44. The molecule has 22 heavy (non-hydrogen) atoms. The highest BCUT2D eigenvalue weighted by Crippen LogP contribution is 2.20. The van der Waals surface area contributed by atoms with Crippen molar-refractivity contribution in [1.82, 2.24) is 0 Å². The summed E-state index contributed by atoms with van der Waals surface area (Å²) in [5.74, 6) is -0.100. The number of hydrogen-bond acceptors (Lipinski definition) is 3. The van der Waals surface area contributed by atoms with Crippen LogP contribution in [0, 0.1) is 13.8 Å². The number of phenolic OH excluding ortho intramolecular Hbond substituents is 1. The molecule has 0 fully saturated rings. The number of hydrogen-bond donors (Lipinski definition) is 2. The highest BCUT2D eigenvalue weighted by molar-refractivity contribution is 6.00. The van der Waals surface area contributed by atoms with Crippen LogP contribution in [0.5, 0.6) is 5.75 Å². The van der Waals surface area contributed by atoms with E-state index in [2.05, 4.69) is 5.32 Å². The Balaban J connectivity index is 1.89. The van der Waals surface area contributed by atoms with Gasteiger partial charge in [-0.2, -0.15) is 0 Å². The standard InChI is InChI=1S/C18H19NO3/c1-12-3-5-14(6-4-12)17(21)9-10-18(22)19-16-8-7-15(20)11-13(16)2/h3-8,11,20H,9-10H2,1-2H3,(H,19,22). The summed E-state index contributed by atoms with van der Waals surface area (Å²) in [6.07, 6.45) is 0.305. The van der Waals surface area contributed by atoms with Crippen LogP contribution < -0.4 is 5.32 Å². The van der Waals surface area contributed by atoms with Gasteiger partial charge in [0.05, 0.1) is 0 Å². The van der Waals surface area contributed by atoms with Crippen LogP contribution in [0.1, 0.15) is 34.3 Å². The van der Waals surface area contributed by atoms with Crippen molar-refractivity contribution in [2.75, 3.05) is 5.32 Å². The van der Waals surface area contributed by atoms with Crippen LogP contribution in [0.3, 0.4) is 0 Å². The number of carbonyl (C=O) groups excluding carboxylic acids is 2. The molecule has 4 nitrogen and oxygen atoms in total. The minimum absolute atomic E-state index is 0.0439. The minimum atomic E-state index is -0.214. The minimum Gasteiger partial charge on any atom is -0.508 e. The predicted molar refractivity (Wildman–Crippen MR) is 86.2 cm³/mol. The Kier molecular flexibility index (Phi) is 4.94. The normalized spacial score (nSPS) is 10.3. The fourth-order valence-electron chi connectivity index (χ4n) is 2.11. The van der Waals surface area contributed by atoms with Gasteiger partial charge in [0.1, 0.15) is 5.75 Å². The zero-order valence-corrected chi connectivity index (χ0v) is 12.7. The monoisotopic (exact) mass is 297 g/mol. The topological polar surface area (TPSA) is 66.4 Å². The summed E-state index contributed by atoms with van der Waals surface area (Å²) in [6, 6.07) is 12.1. The van der Waals surface area contributed by atoms with E-state index in [1.807, 2.05) is 19.1 Å². The number of ketones is 1. The van der Waals surface area contributed by atoms with Crippen molar-refractivity contribution < 1.29 is 14.7 Å². The van der Waals surface area contributed by atoms with Gasteiger partial charge >= 0.3 is 0 Å². The van der Waals surface area contributed by atoms with Crippen LogP contribution in [0.2, 0.25) is 0 Å². The average Bonchev–Trinajstić information content (AvgIpc) is 2.48. The van der Waals surface area contributed by atoms with Gasteiger partial charge in [0.15, 0.2) is 5.78 Å². The fraction of sp³-hybridized carbons (Fsp3) is 0.222. The van der Waals surface area contributed by atoms with E-state index in [4.69, 9.17) is 0 Å². The first-order valence-electron chi connectivity index (χ1n) is 7.15. The molecule has 0 saturated carbocycles. The maximum Gasteiger partial charge on any atom is 0.224 e. The number of aromatic hydroxyl groups is 1. The molecule has 0 aliphatic carbocycles. The lowest BCUT2D eigenvalue weighted by Crippen LogP contribution is -2.14. The number of phenols is 1. The third kappa shape index (κ3) is 4.19. The second kappa shape index (κ2) is 6.89. The smallest absolute Gasteiger partial charge is 0.224 e.